The number of hydrazine groups is 1. The Hall–Kier alpha value is -1.44. The molecule has 0 aliphatic heterocycles. The van der Waals surface area contributed by atoms with Gasteiger partial charge in [-0.05, 0) is 33.9 Å². The smallest absolute Gasteiger partial charge is 0.145 e. The minimum absolute atomic E-state index is 0.413. The maximum atomic E-state index is 10.3. The highest BCUT2D eigenvalue weighted by Gasteiger charge is 2.28. The van der Waals surface area contributed by atoms with Crippen molar-refractivity contribution in [2.75, 3.05) is 37.9 Å². The number of nitrogens with one attached hydrogen (secondary N) is 2. The Labute approximate surface area is 119 Å². The summed E-state index contributed by atoms with van der Waals surface area (Å²) in [5.74, 6) is 7.98. The Morgan fingerprint density at radius 3 is 2.60 bits per heavy atom. The molecule has 0 spiro atoms. The zero-order chi connectivity index (χ0) is 14.8. The van der Waals surface area contributed by atoms with Gasteiger partial charge in [0.25, 0.3) is 0 Å². The highest BCUT2D eigenvalue weighted by Crippen LogP contribution is 2.38. The van der Waals surface area contributed by atoms with Gasteiger partial charge in [-0.25, -0.2) is 15.8 Å². The molecule has 1 saturated carbocycles. The van der Waals surface area contributed by atoms with Crippen molar-refractivity contribution in [3.8, 4) is 0 Å². The molecule has 1 atom stereocenters. The number of nitrogens with zero attached hydrogens (tertiary/aromatic N) is 3. The first-order valence-corrected chi connectivity index (χ1v) is 6.86. The first-order valence-electron chi connectivity index (χ1n) is 6.86. The largest absolute Gasteiger partial charge is 0.387 e. The maximum absolute atomic E-state index is 10.3. The second-order valence-electron chi connectivity index (χ2n) is 6.00. The van der Waals surface area contributed by atoms with Crippen molar-refractivity contribution in [1.82, 2.24) is 14.9 Å². The van der Waals surface area contributed by atoms with E-state index in [4.69, 9.17) is 5.84 Å². The lowest BCUT2D eigenvalue weighted by atomic mass is 10.1. The van der Waals surface area contributed by atoms with Crippen molar-refractivity contribution in [1.29, 1.82) is 0 Å². The quantitative estimate of drug-likeness (QED) is 0.423. The molecule has 1 aromatic heterocycles. The van der Waals surface area contributed by atoms with Crippen molar-refractivity contribution < 1.29 is 5.11 Å². The van der Waals surface area contributed by atoms with Crippen LogP contribution in [0.5, 0.6) is 0 Å². The van der Waals surface area contributed by atoms with Gasteiger partial charge in [-0.15, -0.1) is 0 Å². The number of anilines is 2. The van der Waals surface area contributed by atoms with Gasteiger partial charge >= 0.3 is 0 Å². The van der Waals surface area contributed by atoms with E-state index >= 15 is 0 Å². The Kier molecular flexibility index (Phi) is 4.42. The number of rotatable bonds is 7. The molecule has 2 rings (SSSR count). The number of nitrogens with two attached hydrogens (primary N) is 1. The molecule has 1 aliphatic carbocycles. The fourth-order valence-electron chi connectivity index (χ4n) is 2.17. The van der Waals surface area contributed by atoms with Gasteiger partial charge in [0.2, 0.25) is 0 Å². The van der Waals surface area contributed by atoms with E-state index in [1.165, 1.54) is 0 Å². The SMILES string of the molecule is CN(C)CC(C)(O)CNc1cc(NN)nc(C2CC2)n1. The summed E-state index contributed by atoms with van der Waals surface area (Å²) in [6, 6.07) is 1.75. The van der Waals surface area contributed by atoms with Gasteiger partial charge in [0, 0.05) is 25.1 Å². The molecule has 7 nitrogen and oxygen atoms in total. The van der Waals surface area contributed by atoms with Gasteiger partial charge in [0.15, 0.2) is 0 Å². The van der Waals surface area contributed by atoms with Crippen molar-refractivity contribution in [2.45, 2.75) is 31.3 Å². The average molecular weight is 280 g/mol. The molecular weight excluding hydrogens is 256 g/mol. The molecule has 0 saturated heterocycles. The minimum Gasteiger partial charge on any atom is -0.387 e. The number of likely N-dealkylation sites (N-methyl/N-ethyl adjacent to an activating group) is 1. The Balaban J connectivity index is 2.03. The van der Waals surface area contributed by atoms with Crippen LogP contribution >= 0.6 is 0 Å². The zero-order valence-electron chi connectivity index (χ0n) is 12.3. The van der Waals surface area contributed by atoms with Crippen LogP contribution in [-0.2, 0) is 0 Å². The van der Waals surface area contributed by atoms with E-state index in [1.54, 1.807) is 13.0 Å². The van der Waals surface area contributed by atoms with Crippen LogP contribution < -0.4 is 16.6 Å². The summed E-state index contributed by atoms with van der Waals surface area (Å²) in [6.07, 6.45) is 2.26. The summed E-state index contributed by atoms with van der Waals surface area (Å²) < 4.78 is 0. The third-order valence-electron chi connectivity index (χ3n) is 3.14. The first kappa shape index (κ1) is 15.0. The van der Waals surface area contributed by atoms with Crippen LogP contribution in [0.15, 0.2) is 6.07 Å². The monoisotopic (exact) mass is 280 g/mol. The lowest BCUT2D eigenvalue weighted by molar-refractivity contribution is 0.0459. The van der Waals surface area contributed by atoms with Gasteiger partial charge in [-0.2, -0.15) is 0 Å². The average Bonchev–Trinajstić information content (AvgIpc) is 3.19. The Bertz CT molecular complexity index is 458. The molecule has 1 aliphatic rings. The van der Waals surface area contributed by atoms with Crippen LogP contribution in [0.4, 0.5) is 11.6 Å². The molecule has 1 unspecified atom stereocenters. The number of hydrogen-bond donors (Lipinski definition) is 4. The summed E-state index contributed by atoms with van der Waals surface area (Å²) in [5, 5.41) is 13.4. The second kappa shape index (κ2) is 5.90. The van der Waals surface area contributed by atoms with Crippen LogP contribution in [0.1, 0.15) is 31.5 Å². The third-order valence-corrected chi connectivity index (χ3v) is 3.14. The summed E-state index contributed by atoms with van der Waals surface area (Å²) in [4.78, 5) is 10.8. The predicted octanol–water partition coefficient (Wildman–Crippen LogP) is 0.364. The van der Waals surface area contributed by atoms with Crippen molar-refractivity contribution >= 4 is 11.6 Å². The van der Waals surface area contributed by atoms with Gasteiger partial charge in [0.05, 0.1) is 5.60 Å². The molecule has 20 heavy (non-hydrogen) atoms. The summed E-state index contributed by atoms with van der Waals surface area (Å²) >= 11 is 0. The van der Waals surface area contributed by atoms with E-state index in [0.29, 0.717) is 30.6 Å². The van der Waals surface area contributed by atoms with Gasteiger partial charge in [-0.1, -0.05) is 0 Å². The summed E-state index contributed by atoms with van der Waals surface area (Å²) in [6.45, 7) is 2.78. The van der Waals surface area contributed by atoms with Crippen LogP contribution in [0.2, 0.25) is 0 Å². The van der Waals surface area contributed by atoms with Crippen LogP contribution in [-0.4, -0.2) is 52.8 Å². The molecule has 1 fully saturated rings. The van der Waals surface area contributed by atoms with Crippen molar-refractivity contribution in [3.63, 3.8) is 0 Å². The van der Waals surface area contributed by atoms with Gasteiger partial charge < -0.3 is 20.7 Å². The first-order chi connectivity index (χ1) is 9.39. The molecule has 0 radical (unpaired) electrons. The van der Waals surface area contributed by atoms with E-state index in [-0.39, 0.29) is 0 Å². The van der Waals surface area contributed by atoms with E-state index in [9.17, 15) is 5.11 Å². The Morgan fingerprint density at radius 1 is 1.40 bits per heavy atom. The fourth-order valence-corrected chi connectivity index (χ4v) is 2.17. The highest BCUT2D eigenvalue weighted by atomic mass is 16.3. The molecule has 1 heterocycles. The highest BCUT2D eigenvalue weighted by molar-refractivity contribution is 5.47. The standard InChI is InChI=1S/C13H24N6O/c1-13(20,8-19(2)3)7-15-10-6-11(18-14)17-12(16-10)9-4-5-9/h6,9,20H,4-5,7-8,14H2,1-3H3,(H2,15,16,17,18). The van der Waals surface area contributed by atoms with E-state index in [0.717, 1.165) is 18.7 Å². The number of aliphatic hydroxyl groups is 1. The van der Waals surface area contributed by atoms with Crippen molar-refractivity contribution in [2.24, 2.45) is 5.84 Å². The zero-order valence-corrected chi connectivity index (χ0v) is 12.3. The maximum Gasteiger partial charge on any atom is 0.145 e. The van der Waals surface area contributed by atoms with E-state index < -0.39 is 5.60 Å². The summed E-state index contributed by atoms with van der Waals surface area (Å²) in [5.41, 5.74) is 1.73. The molecule has 7 heteroatoms. The fraction of sp³-hybridized carbons (Fsp3) is 0.692. The molecule has 0 amide bonds. The van der Waals surface area contributed by atoms with Crippen molar-refractivity contribution in [3.05, 3.63) is 11.9 Å². The van der Waals surface area contributed by atoms with Crippen LogP contribution in [0.25, 0.3) is 0 Å². The van der Waals surface area contributed by atoms with E-state index in [1.807, 2.05) is 19.0 Å². The second-order valence-corrected chi connectivity index (χ2v) is 6.00. The number of aromatic nitrogens is 2. The van der Waals surface area contributed by atoms with Gasteiger partial charge in [0.1, 0.15) is 17.5 Å². The molecule has 1 aromatic rings. The lowest BCUT2D eigenvalue weighted by Gasteiger charge is -2.27. The number of hydrogen-bond acceptors (Lipinski definition) is 7. The minimum atomic E-state index is -0.829. The molecule has 0 aromatic carbocycles. The van der Waals surface area contributed by atoms with Gasteiger partial charge in [-0.3, -0.25) is 0 Å². The molecular formula is C13H24N6O. The molecule has 0 bridgehead atoms. The molecule has 5 N–H and O–H groups in total. The topological polar surface area (TPSA) is 99.3 Å². The lowest BCUT2D eigenvalue weighted by Crippen LogP contribution is -2.43. The van der Waals surface area contributed by atoms with E-state index in [2.05, 4.69) is 20.7 Å². The normalized spacial score (nSPS) is 17.9. The predicted molar refractivity (Wildman–Crippen MR) is 79.5 cm³/mol. The Morgan fingerprint density at radius 2 is 2.05 bits per heavy atom. The van der Waals surface area contributed by atoms with Crippen LogP contribution in [0, 0.1) is 0 Å². The summed E-state index contributed by atoms with van der Waals surface area (Å²) in [7, 11) is 3.86. The molecule has 112 valence electrons. The van der Waals surface area contributed by atoms with Crippen LogP contribution in [0.3, 0.4) is 0 Å². The number of nitrogen functional groups attached to an aromatic ring is 1. The third kappa shape index (κ3) is 4.29.